The van der Waals surface area contributed by atoms with Gasteiger partial charge in [-0.05, 0) is 11.6 Å². The number of carbonyl (C=O) groups is 2. The van der Waals surface area contributed by atoms with Crippen LogP contribution in [0.5, 0.6) is 0 Å². The van der Waals surface area contributed by atoms with Gasteiger partial charge in [0.15, 0.2) is 0 Å². The molecule has 2 rings (SSSR count). The SMILES string of the molecule is O=C1C/C(=C/c2ccc(C(F)F)cc2)C(=O)N1. The maximum atomic E-state index is 12.3. The van der Waals surface area contributed by atoms with Crippen LogP contribution in [0.4, 0.5) is 8.78 Å². The summed E-state index contributed by atoms with van der Waals surface area (Å²) in [7, 11) is 0. The molecule has 0 bridgehead atoms. The third kappa shape index (κ3) is 2.55. The van der Waals surface area contributed by atoms with Gasteiger partial charge >= 0.3 is 0 Å². The molecule has 1 aromatic rings. The first-order valence-corrected chi connectivity index (χ1v) is 4.99. The van der Waals surface area contributed by atoms with Gasteiger partial charge in [-0.1, -0.05) is 24.3 Å². The molecule has 1 fully saturated rings. The summed E-state index contributed by atoms with van der Waals surface area (Å²) < 4.78 is 24.6. The molecule has 3 nitrogen and oxygen atoms in total. The largest absolute Gasteiger partial charge is 0.292 e. The summed E-state index contributed by atoms with van der Waals surface area (Å²) in [4.78, 5) is 22.2. The number of carbonyl (C=O) groups excluding carboxylic acids is 2. The van der Waals surface area contributed by atoms with Crippen molar-refractivity contribution in [2.24, 2.45) is 0 Å². The molecule has 0 spiro atoms. The van der Waals surface area contributed by atoms with Gasteiger partial charge in [0, 0.05) is 11.1 Å². The first-order valence-electron chi connectivity index (χ1n) is 4.99. The number of rotatable bonds is 2. The second-order valence-corrected chi connectivity index (χ2v) is 3.69. The molecule has 0 radical (unpaired) electrons. The molecule has 1 heterocycles. The van der Waals surface area contributed by atoms with Crippen molar-refractivity contribution in [3.63, 3.8) is 0 Å². The Balaban J connectivity index is 2.21. The van der Waals surface area contributed by atoms with Gasteiger partial charge in [0.2, 0.25) is 5.91 Å². The van der Waals surface area contributed by atoms with Crippen LogP contribution < -0.4 is 5.32 Å². The van der Waals surface area contributed by atoms with E-state index in [0.717, 1.165) is 0 Å². The van der Waals surface area contributed by atoms with Crippen molar-refractivity contribution >= 4 is 17.9 Å². The predicted molar refractivity (Wildman–Crippen MR) is 57.1 cm³/mol. The summed E-state index contributed by atoms with van der Waals surface area (Å²) in [6, 6.07) is 5.58. The Kier molecular flexibility index (Phi) is 2.99. The van der Waals surface area contributed by atoms with E-state index in [-0.39, 0.29) is 17.9 Å². The van der Waals surface area contributed by atoms with Crippen LogP contribution in [-0.2, 0) is 9.59 Å². The first kappa shape index (κ1) is 11.4. The summed E-state index contributed by atoms with van der Waals surface area (Å²) in [6.45, 7) is 0. The highest BCUT2D eigenvalue weighted by Gasteiger charge is 2.23. The monoisotopic (exact) mass is 237 g/mol. The summed E-state index contributed by atoms with van der Waals surface area (Å²) in [5.41, 5.74) is 0.896. The predicted octanol–water partition coefficient (Wildman–Crippen LogP) is 2.05. The van der Waals surface area contributed by atoms with E-state index in [9.17, 15) is 18.4 Å². The summed E-state index contributed by atoms with van der Waals surface area (Å²) in [5, 5.41) is 2.15. The number of hydrogen-bond donors (Lipinski definition) is 1. The van der Waals surface area contributed by atoms with Crippen LogP contribution in [0, 0.1) is 0 Å². The van der Waals surface area contributed by atoms with E-state index in [4.69, 9.17) is 0 Å². The summed E-state index contributed by atoms with van der Waals surface area (Å²) >= 11 is 0. The van der Waals surface area contributed by atoms with E-state index in [0.29, 0.717) is 11.1 Å². The van der Waals surface area contributed by atoms with Crippen LogP contribution in [0.15, 0.2) is 29.8 Å². The van der Waals surface area contributed by atoms with Gasteiger partial charge in [-0.15, -0.1) is 0 Å². The fourth-order valence-electron chi connectivity index (χ4n) is 1.56. The molecule has 1 aromatic carbocycles. The van der Waals surface area contributed by atoms with Gasteiger partial charge in [0.05, 0.1) is 6.42 Å². The molecule has 0 aromatic heterocycles. The topological polar surface area (TPSA) is 46.2 Å². The van der Waals surface area contributed by atoms with Gasteiger partial charge < -0.3 is 0 Å². The number of amides is 2. The Bertz CT molecular complexity index is 492. The Labute approximate surface area is 96.1 Å². The lowest BCUT2D eigenvalue weighted by Gasteiger charge is -2.00. The van der Waals surface area contributed by atoms with Gasteiger partial charge in [0.25, 0.3) is 12.3 Å². The minimum absolute atomic E-state index is 0.0371. The molecular formula is C12H9F2NO2. The number of halogens is 2. The van der Waals surface area contributed by atoms with Crippen molar-refractivity contribution in [3.8, 4) is 0 Å². The highest BCUT2D eigenvalue weighted by Crippen LogP contribution is 2.20. The average Bonchev–Trinajstić information content (AvgIpc) is 2.58. The lowest BCUT2D eigenvalue weighted by atomic mass is 10.1. The molecule has 1 N–H and O–H groups in total. The summed E-state index contributed by atoms with van der Waals surface area (Å²) in [5.74, 6) is -0.765. The van der Waals surface area contributed by atoms with Crippen LogP contribution in [-0.4, -0.2) is 11.8 Å². The minimum atomic E-state index is -2.51. The normalized spacial score (nSPS) is 17.9. The Morgan fingerprint density at radius 3 is 2.29 bits per heavy atom. The molecule has 0 saturated carbocycles. The van der Waals surface area contributed by atoms with Crippen LogP contribution in [0.3, 0.4) is 0 Å². The quantitative estimate of drug-likeness (QED) is 0.632. The summed E-state index contributed by atoms with van der Waals surface area (Å²) in [6.07, 6.45) is -0.946. The third-order valence-electron chi connectivity index (χ3n) is 2.42. The van der Waals surface area contributed by atoms with Crippen LogP contribution in [0.1, 0.15) is 24.0 Å². The first-order chi connectivity index (χ1) is 8.06. The maximum absolute atomic E-state index is 12.3. The van der Waals surface area contributed by atoms with E-state index < -0.39 is 12.3 Å². The second kappa shape index (κ2) is 4.45. The molecule has 2 amide bonds. The highest BCUT2D eigenvalue weighted by molar-refractivity contribution is 6.15. The minimum Gasteiger partial charge on any atom is -0.292 e. The fourth-order valence-corrected chi connectivity index (χ4v) is 1.56. The molecule has 0 aliphatic carbocycles. The van der Waals surface area contributed by atoms with E-state index in [1.165, 1.54) is 30.3 Å². The molecular weight excluding hydrogens is 228 g/mol. The van der Waals surface area contributed by atoms with Crippen molar-refractivity contribution in [1.29, 1.82) is 0 Å². The van der Waals surface area contributed by atoms with Crippen molar-refractivity contribution in [3.05, 3.63) is 41.0 Å². The van der Waals surface area contributed by atoms with E-state index in [2.05, 4.69) is 5.32 Å². The van der Waals surface area contributed by atoms with Gasteiger partial charge in [-0.3, -0.25) is 14.9 Å². The van der Waals surface area contributed by atoms with Crippen LogP contribution >= 0.6 is 0 Å². The molecule has 1 saturated heterocycles. The van der Waals surface area contributed by atoms with Crippen molar-refractivity contribution < 1.29 is 18.4 Å². The lowest BCUT2D eigenvalue weighted by Crippen LogP contribution is -2.19. The molecule has 1 aliphatic rings. The molecule has 1 aliphatic heterocycles. The smallest absolute Gasteiger partial charge is 0.263 e. The van der Waals surface area contributed by atoms with Gasteiger partial charge in [0.1, 0.15) is 0 Å². The zero-order valence-corrected chi connectivity index (χ0v) is 8.74. The Morgan fingerprint density at radius 1 is 1.18 bits per heavy atom. The van der Waals surface area contributed by atoms with Crippen molar-refractivity contribution in [2.75, 3.05) is 0 Å². The van der Waals surface area contributed by atoms with Crippen LogP contribution in [0.2, 0.25) is 0 Å². The third-order valence-corrected chi connectivity index (χ3v) is 2.42. The maximum Gasteiger partial charge on any atom is 0.263 e. The molecule has 0 atom stereocenters. The second-order valence-electron chi connectivity index (χ2n) is 3.69. The van der Waals surface area contributed by atoms with E-state index in [1.54, 1.807) is 0 Å². The average molecular weight is 237 g/mol. The number of benzene rings is 1. The van der Waals surface area contributed by atoms with Crippen LogP contribution in [0.25, 0.3) is 6.08 Å². The molecule has 5 heteroatoms. The van der Waals surface area contributed by atoms with E-state index in [1.807, 2.05) is 0 Å². The number of hydrogen-bond acceptors (Lipinski definition) is 2. The Morgan fingerprint density at radius 2 is 1.82 bits per heavy atom. The number of nitrogens with one attached hydrogen (secondary N) is 1. The molecule has 0 unspecified atom stereocenters. The zero-order chi connectivity index (χ0) is 12.4. The lowest BCUT2D eigenvalue weighted by molar-refractivity contribution is -0.124. The molecule has 88 valence electrons. The Hall–Kier alpha value is -2.04. The van der Waals surface area contributed by atoms with Gasteiger partial charge in [-0.2, -0.15) is 0 Å². The van der Waals surface area contributed by atoms with E-state index >= 15 is 0 Å². The number of alkyl halides is 2. The highest BCUT2D eigenvalue weighted by atomic mass is 19.3. The standard InChI is InChI=1S/C12H9F2NO2/c13-11(14)8-3-1-7(2-4-8)5-9-6-10(16)15-12(9)17/h1-5,11H,6H2,(H,15,16,17)/b9-5-. The molecule has 17 heavy (non-hydrogen) atoms. The zero-order valence-electron chi connectivity index (χ0n) is 8.74. The fraction of sp³-hybridized carbons (Fsp3) is 0.167. The van der Waals surface area contributed by atoms with Crippen molar-refractivity contribution in [2.45, 2.75) is 12.8 Å². The van der Waals surface area contributed by atoms with Gasteiger partial charge in [-0.25, -0.2) is 8.78 Å². The number of imide groups is 1. The van der Waals surface area contributed by atoms with Crippen molar-refractivity contribution in [1.82, 2.24) is 5.32 Å².